The van der Waals surface area contributed by atoms with Crippen LogP contribution in [0.3, 0.4) is 0 Å². The SMILES string of the molecule is COC(=Cc1ccccc1)C(=O)OCCC(C)C.COc1ccc(C=C(CCC(C)C)C(=O)O)cc1. The second-order valence-corrected chi connectivity index (χ2v) is 9.12. The number of benzene rings is 2. The number of esters is 1. The molecule has 0 spiro atoms. The molecule has 6 heteroatoms. The molecule has 1 N–H and O–H groups in total. The molecule has 0 aromatic heterocycles. The first-order valence-corrected chi connectivity index (χ1v) is 12.2. The molecular weight excluding hydrogens is 456 g/mol. The second-order valence-electron chi connectivity index (χ2n) is 9.12. The van der Waals surface area contributed by atoms with Crippen molar-refractivity contribution < 1.29 is 28.9 Å². The van der Waals surface area contributed by atoms with E-state index in [0.29, 0.717) is 30.4 Å². The van der Waals surface area contributed by atoms with Gasteiger partial charge in [0.25, 0.3) is 0 Å². The van der Waals surface area contributed by atoms with Gasteiger partial charge in [-0.25, -0.2) is 9.59 Å². The van der Waals surface area contributed by atoms with Gasteiger partial charge in [0.1, 0.15) is 5.75 Å². The van der Waals surface area contributed by atoms with Crippen molar-refractivity contribution in [3.05, 3.63) is 77.1 Å². The highest BCUT2D eigenvalue weighted by molar-refractivity contribution is 5.92. The quantitative estimate of drug-likeness (QED) is 0.196. The molecule has 36 heavy (non-hydrogen) atoms. The van der Waals surface area contributed by atoms with E-state index >= 15 is 0 Å². The Labute approximate surface area is 215 Å². The second kappa shape index (κ2) is 17.0. The zero-order valence-corrected chi connectivity index (χ0v) is 22.3. The minimum absolute atomic E-state index is 0.227. The topological polar surface area (TPSA) is 82.1 Å². The molecule has 0 radical (unpaired) electrons. The minimum atomic E-state index is -0.841. The predicted molar refractivity (Wildman–Crippen MR) is 145 cm³/mol. The number of methoxy groups -OCH3 is 2. The van der Waals surface area contributed by atoms with E-state index in [0.717, 1.165) is 29.7 Å². The maximum Gasteiger partial charge on any atom is 0.373 e. The van der Waals surface area contributed by atoms with Crippen LogP contribution in [-0.4, -0.2) is 37.9 Å². The summed E-state index contributed by atoms with van der Waals surface area (Å²) >= 11 is 0. The van der Waals surface area contributed by atoms with Crippen molar-refractivity contribution in [1.29, 1.82) is 0 Å². The van der Waals surface area contributed by atoms with Gasteiger partial charge in [0.15, 0.2) is 0 Å². The van der Waals surface area contributed by atoms with E-state index in [1.807, 2.05) is 54.6 Å². The van der Waals surface area contributed by atoms with Crippen LogP contribution in [0.25, 0.3) is 12.2 Å². The van der Waals surface area contributed by atoms with Gasteiger partial charge in [-0.15, -0.1) is 0 Å². The number of aliphatic carboxylic acids is 1. The van der Waals surface area contributed by atoms with Crippen molar-refractivity contribution in [3.63, 3.8) is 0 Å². The van der Waals surface area contributed by atoms with Crippen molar-refractivity contribution in [2.24, 2.45) is 11.8 Å². The molecule has 2 aromatic carbocycles. The number of carboxylic acid groups (broad SMARTS) is 1. The van der Waals surface area contributed by atoms with Gasteiger partial charge < -0.3 is 19.3 Å². The third-order valence-corrected chi connectivity index (χ3v) is 5.17. The van der Waals surface area contributed by atoms with Crippen LogP contribution in [0.5, 0.6) is 5.75 Å². The number of ether oxygens (including phenoxy) is 3. The van der Waals surface area contributed by atoms with Gasteiger partial charge >= 0.3 is 11.9 Å². The molecule has 2 aromatic rings. The summed E-state index contributed by atoms with van der Waals surface area (Å²) in [6.07, 6.45) is 5.74. The van der Waals surface area contributed by atoms with Crippen molar-refractivity contribution in [3.8, 4) is 5.75 Å². The number of carboxylic acids is 1. The zero-order valence-electron chi connectivity index (χ0n) is 22.3. The van der Waals surface area contributed by atoms with Crippen LogP contribution in [0.15, 0.2) is 65.9 Å². The largest absolute Gasteiger partial charge is 0.497 e. The molecule has 0 saturated heterocycles. The Morgan fingerprint density at radius 3 is 1.92 bits per heavy atom. The lowest BCUT2D eigenvalue weighted by molar-refractivity contribution is -0.142. The summed E-state index contributed by atoms with van der Waals surface area (Å²) < 4.78 is 15.3. The molecule has 0 aliphatic rings. The number of hydrogen-bond donors (Lipinski definition) is 1. The monoisotopic (exact) mass is 496 g/mol. The van der Waals surface area contributed by atoms with E-state index in [1.54, 1.807) is 19.3 Å². The van der Waals surface area contributed by atoms with Crippen LogP contribution >= 0.6 is 0 Å². The van der Waals surface area contributed by atoms with E-state index in [4.69, 9.17) is 19.3 Å². The molecule has 0 fully saturated rings. The lowest BCUT2D eigenvalue weighted by Gasteiger charge is -2.08. The summed E-state index contributed by atoms with van der Waals surface area (Å²) in [4.78, 5) is 22.9. The van der Waals surface area contributed by atoms with Gasteiger partial charge in [-0.05, 0) is 66.5 Å². The summed E-state index contributed by atoms with van der Waals surface area (Å²) in [6.45, 7) is 8.78. The fourth-order valence-corrected chi connectivity index (χ4v) is 2.95. The molecular formula is C30H40O6. The highest BCUT2D eigenvalue weighted by atomic mass is 16.6. The molecule has 2 rings (SSSR count). The molecule has 0 unspecified atom stereocenters. The summed E-state index contributed by atoms with van der Waals surface area (Å²) in [5.74, 6) is 0.759. The van der Waals surface area contributed by atoms with E-state index < -0.39 is 11.9 Å². The van der Waals surface area contributed by atoms with Crippen LogP contribution in [0, 0.1) is 11.8 Å². The number of hydrogen-bond acceptors (Lipinski definition) is 5. The van der Waals surface area contributed by atoms with Crippen molar-refractivity contribution in [1.82, 2.24) is 0 Å². The number of rotatable bonds is 12. The van der Waals surface area contributed by atoms with Crippen molar-refractivity contribution in [2.75, 3.05) is 20.8 Å². The Balaban J connectivity index is 0.000000360. The standard InChI is InChI=1S/2C15H20O3/c1-11(2)4-7-13(15(16)17)10-12-5-8-14(18-3)9-6-12;1-12(2)9-10-18-15(16)14(17-3)11-13-7-5-4-6-8-13/h5-6,8-11H,4,7H2,1-3H3,(H,16,17);4-8,11-12H,9-10H2,1-3H3. The maximum atomic E-state index is 11.7. The molecule has 0 bridgehead atoms. The van der Waals surface area contributed by atoms with Crippen molar-refractivity contribution >= 4 is 24.1 Å². The van der Waals surface area contributed by atoms with E-state index in [2.05, 4.69) is 27.7 Å². The molecule has 0 aliphatic heterocycles. The van der Waals surface area contributed by atoms with Crippen LogP contribution in [0.2, 0.25) is 0 Å². The highest BCUT2D eigenvalue weighted by Gasteiger charge is 2.12. The Morgan fingerprint density at radius 1 is 0.833 bits per heavy atom. The summed E-state index contributed by atoms with van der Waals surface area (Å²) in [6, 6.07) is 16.9. The van der Waals surface area contributed by atoms with E-state index in [9.17, 15) is 9.59 Å². The Kier molecular flexibility index (Phi) is 14.4. The van der Waals surface area contributed by atoms with Gasteiger partial charge in [-0.2, -0.15) is 0 Å². The molecule has 6 nitrogen and oxygen atoms in total. The van der Waals surface area contributed by atoms with Crippen LogP contribution < -0.4 is 4.74 Å². The van der Waals surface area contributed by atoms with Gasteiger partial charge in [-0.3, -0.25) is 0 Å². The molecule has 0 atom stereocenters. The normalized spacial score (nSPS) is 11.6. The van der Waals surface area contributed by atoms with Crippen LogP contribution in [-0.2, 0) is 19.1 Å². The van der Waals surface area contributed by atoms with Crippen LogP contribution in [0.4, 0.5) is 0 Å². The summed E-state index contributed by atoms with van der Waals surface area (Å²) in [5.41, 5.74) is 2.25. The van der Waals surface area contributed by atoms with Crippen LogP contribution in [0.1, 0.15) is 58.1 Å². The lowest BCUT2D eigenvalue weighted by atomic mass is 10.0. The fraction of sp³-hybridized carbons (Fsp3) is 0.400. The summed E-state index contributed by atoms with van der Waals surface area (Å²) in [7, 11) is 3.08. The van der Waals surface area contributed by atoms with Gasteiger partial charge in [0.2, 0.25) is 5.76 Å². The predicted octanol–water partition coefficient (Wildman–Crippen LogP) is 6.86. The minimum Gasteiger partial charge on any atom is -0.497 e. The first kappa shape index (κ1) is 30.5. The van der Waals surface area contributed by atoms with Crippen molar-refractivity contribution in [2.45, 2.75) is 47.0 Å². The zero-order chi connectivity index (χ0) is 26.9. The first-order valence-electron chi connectivity index (χ1n) is 12.2. The Morgan fingerprint density at radius 2 is 1.42 bits per heavy atom. The molecule has 0 heterocycles. The summed E-state index contributed by atoms with van der Waals surface area (Å²) in [5, 5.41) is 9.16. The molecule has 0 saturated carbocycles. The van der Waals surface area contributed by atoms with E-state index in [1.165, 1.54) is 7.11 Å². The lowest BCUT2D eigenvalue weighted by Crippen LogP contribution is -2.11. The Bertz CT molecular complexity index is 972. The highest BCUT2D eigenvalue weighted by Crippen LogP contribution is 2.18. The smallest absolute Gasteiger partial charge is 0.373 e. The Hall–Kier alpha value is -3.54. The van der Waals surface area contributed by atoms with E-state index in [-0.39, 0.29) is 5.76 Å². The first-order chi connectivity index (χ1) is 17.2. The fourth-order valence-electron chi connectivity index (χ4n) is 2.95. The maximum absolute atomic E-state index is 11.7. The third kappa shape index (κ3) is 12.8. The van der Waals surface area contributed by atoms with Gasteiger partial charge in [0.05, 0.1) is 20.8 Å². The average Bonchev–Trinajstić information content (AvgIpc) is 2.85. The molecule has 196 valence electrons. The number of carbonyl (C=O) groups is 2. The number of carbonyl (C=O) groups excluding carboxylic acids is 1. The van der Waals surface area contributed by atoms with Gasteiger partial charge in [0, 0.05) is 5.57 Å². The third-order valence-electron chi connectivity index (χ3n) is 5.17. The molecule has 0 amide bonds. The molecule has 0 aliphatic carbocycles. The van der Waals surface area contributed by atoms with Gasteiger partial charge in [-0.1, -0.05) is 70.2 Å². The average molecular weight is 497 g/mol.